The van der Waals surface area contributed by atoms with Crippen molar-refractivity contribution in [3.8, 4) is 0 Å². The summed E-state index contributed by atoms with van der Waals surface area (Å²) in [6.07, 6.45) is 0. The van der Waals surface area contributed by atoms with Crippen LogP contribution in [0.15, 0.2) is 11.4 Å². The van der Waals surface area contributed by atoms with E-state index in [0.29, 0.717) is 10.6 Å². The van der Waals surface area contributed by atoms with Gasteiger partial charge in [0, 0.05) is 11.8 Å². The summed E-state index contributed by atoms with van der Waals surface area (Å²) in [5.74, 6) is 1.95. The minimum atomic E-state index is -0.0632. The summed E-state index contributed by atoms with van der Waals surface area (Å²) in [5.41, 5.74) is 6.22. The summed E-state index contributed by atoms with van der Waals surface area (Å²) < 4.78 is 0. The maximum absolute atomic E-state index is 11.7. The number of thioether (sulfide) groups is 1. The predicted octanol–water partition coefficient (Wildman–Crippen LogP) is 2.20. The van der Waals surface area contributed by atoms with E-state index in [4.69, 9.17) is 5.73 Å². The van der Waals surface area contributed by atoms with Crippen molar-refractivity contribution in [1.82, 2.24) is 5.32 Å². The fraction of sp³-hybridized carbons (Fsp3) is 0.500. The van der Waals surface area contributed by atoms with Gasteiger partial charge in [-0.2, -0.15) is 11.8 Å². The third-order valence-corrected chi connectivity index (χ3v) is 3.92. The van der Waals surface area contributed by atoms with E-state index in [1.54, 1.807) is 6.07 Å². The molecule has 0 saturated carbocycles. The molecule has 0 radical (unpaired) electrons. The molecule has 3 nitrogen and oxygen atoms in total. The Bertz CT molecular complexity index is 325. The van der Waals surface area contributed by atoms with Gasteiger partial charge in [0.15, 0.2) is 0 Å². The molecule has 3 N–H and O–H groups in total. The highest BCUT2D eigenvalue weighted by Gasteiger charge is 2.13. The van der Waals surface area contributed by atoms with Crippen LogP contribution in [0.25, 0.3) is 0 Å². The average molecular weight is 244 g/mol. The molecule has 0 aliphatic heterocycles. The van der Waals surface area contributed by atoms with Crippen molar-refractivity contribution in [2.75, 3.05) is 17.2 Å². The van der Waals surface area contributed by atoms with Crippen molar-refractivity contribution in [2.45, 2.75) is 19.9 Å². The Morgan fingerprint density at radius 2 is 2.47 bits per heavy atom. The molecule has 84 valence electrons. The van der Waals surface area contributed by atoms with Crippen LogP contribution in [0.4, 0.5) is 5.69 Å². The van der Waals surface area contributed by atoms with Gasteiger partial charge in [-0.25, -0.2) is 0 Å². The molecule has 0 saturated heterocycles. The van der Waals surface area contributed by atoms with Crippen LogP contribution in [0.5, 0.6) is 0 Å². The van der Waals surface area contributed by atoms with E-state index in [9.17, 15) is 4.79 Å². The number of thiophene rings is 1. The van der Waals surface area contributed by atoms with Crippen molar-refractivity contribution in [3.63, 3.8) is 0 Å². The number of hydrogen-bond donors (Lipinski definition) is 2. The first kappa shape index (κ1) is 12.4. The van der Waals surface area contributed by atoms with E-state index in [-0.39, 0.29) is 11.9 Å². The van der Waals surface area contributed by atoms with Crippen LogP contribution >= 0.6 is 23.1 Å². The molecule has 0 aliphatic rings. The lowest BCUT2D eigenvalue weighted by atomic mass is 10.3. The molecule has 1 atom stereocenters. The quantitative estimate of drug-likeness (QED) is 0.835. The predicted molar refractivity (Wildman–Crippen MR) is 68.7 cm³/mol. The SMILES string of the molecule is CCSCC(C)NC(=O)c1sccc1N. The average Bonchev–Trinajstić information content (AvgIpc) is 2.61. The number of rotatable bonds is 5. The van der Waals surface area contributed by atoms with Crippen molar-refractivity contribution in [1.29, 1.82) is 0 Å². The Balaban J connectivity index is 2.46. The first-order chi connectivity index (χ1) is 7.15. The molecule has 1 aromatic heterocycles. The van der Waals surface area contributed by atoms with E-state index in [1.165, 1.54) is 11.3 Å². The molecule has 1 amide bonds. The number of carbonyl (C=O) groups is 1. The zero-order chi connectivity index (χ0) is 11.3. The summed E-state index contributed by atoms with van der Waals surface area (Å²) in [6.45, 7) is 4.11. The Labute approximate surface area is 98.4 Å². The number of amides is 1. The number of nitrogens with one attached hydrogen (secondary N) is 1. The van der Waals surface area contributed by atoms with E-state index in [1.807, 2.05) is 24.1 Å². The Morgan fingerprint density at radius 1 is 1.73 bits per heavy atom. The summed E-state index contributed by atoms with van der Waals surface area (Å²) in [6, 6.07) is 1.94. The smallest absolute Gasteiger partial charge is 0.263 e. The molecule has 0 aliphatic carbocycles. The summed E-state index contributed by atoms with van der Waals surface area (Å²) in [5, 5.41) is 4.76. The van der Waals surface area contributed by atoms with Gasteiger partial charge in [-0.1, -0.05) is 6.92 Å². The van der Waals surface area contributed by atoms with Gasteiger partial charge in [-0.3, -0.25) is 4.79 Å². The van der Waals surface area contributed by atoms with Crippen molar-refractivity contribution in [2.24, 2.45) is 0 Å². The van der Waals surface area contributed by atoms with E-state index in [0.717, 1.165) is 11.5 Å². The van der Waals surface area contributed by atoms with E-state index >= 15 is 0 Å². The lowest BCUT2D eigenvalue weighted by Crippen LogP contribution is -2.34. The zero-order valence-electron chi connectivity index (χ0n) is 8.95. The summed E-state index contributed by atoms with van der Waals surface area (Å²) in [4.78, 5) is 12.3. The highest BCUT2D eigenvalue weighted by molar-refractivity contribution is 7.99. The molecular formula is C10H16N2OS2. The van der Waals surface area contributed by atoms with Crippen LogP contribution < -0.4 is 11.1 Å². The second-order valence-electron chi connectivity index (χ2n) is 3.24. The largest absolute Gasteiger partial charge is 0.397 e. The molecule has 0 bridgehead atoms. The van der Waals surface area contributed by atoms with Gasteiger partial charge in [-0.15, -0.1) is 11.3 Å². The molecular weight excluding hydrogens is 228 g/mol. The van der Waals surface area contributed by atoms with Crippen LogP contribution in [0.1, 0.15) is 23.5 Å². The molecule has 1 rings (SSSR count). The Morgan fingerprint density at radius 3 is 3.00 bits per heavy atom. The summed E-state index contributed by atoms with van der Waals surface area (Å²) >= 11 is 3.20. The van der Waals surface area contributed by atoms with E-state index in [2.05, 4.69) is 12.2 Å². The van der Waals surface area contributed by atoms with Gasteiger partial charge in [0.1, 0.15) is 4.88 Å². The summed E-state index contributed by atoms with van der Waals surface area (Å²) in [7, 11) is 0. The second kappa shape index (κ2) is 6.02. The van der Waals surface area contributed by atoms with Gasteiger partial charge in [0.25, 0.3) is 5.91 Å². The van der Waals surface area contributed by atoms with Gasteiger partial charge < -0.3 is 11.1 Å². The molecule has 0 fully saturated rings. The maximum atomic E-state index is 11.7. The maximum Gasteiger partial charge on any atom is 0.263 e. The molecule has 15 heavy (non-hydrogen) atoms. The molecule has 1 unspecified atom stereocenters. The number of carbonyl (C=O) groups excluding carboxylic acids is 1. The molecule has 1 heterocycles. The molecule has 1 aromatic rings. The highest BCUT2D eigenvalue weighted by atomic mass is 32.2. The Hall–Kier alpha value is -0.680. The third kappa shape index (κ3) is 3.76. The van der Waals surface area contributed by atoms with Crippen LogP contribution in [0.3, 0.4) is 0 Å². The lowest BCUT2D eigenvalue weighted by Gasteiger charge is -2.12. The number of nitrogens with two attached hydrogens (primary N) is 1. The minimum Gasteiger partial charge on any atom is -0.397 e. The van der Waals surface area contributed by atoms with Crippen LogP contribution in [-0.4, -0.2) is 23.5 Å². The van der Waals surface area contributed by atoms with Crippen molar-refractivity contribution >= 4 is 34.7 Å². The van der Waals surface area contributed by atoms with Gasteiger partial charge >= 0.3 is 0 Å². The van der Waals surface area contributed by atoms with Crippen LogP contribution in [-0.2, 0) is 0 Å². The fourth-order valence-electron chi connectivity index (χ4n) is 1.13. The first-order valence-electron chi connectivity index (χ1n) is 4.86. The van der Waals surface area contributed by atoms with Gasteiger partial charge in [0.2, 0.25) is 0 Å². The topological polar surface area (TPSA) is 55.1 Å². The first-order valence-corrected chi connectivity index (χ1v) is 6.90. The Kier molecular flexibility index (Phi) is 4.98. The zero-order valence-corrected chi connectivity index (χ0v) is 10.6. The third-order valence-electron chi connectivity index (χ3n) is 1.85. The van der Waals surface area contributed by atoms with Crippen molar-refractivity contribution < 1.29 is 4.79 Å². The molecule has 5 heteroatoms. The number of anilines is 1. The van der Waals surface area contributed by atoms with Crippen LogP contribution in [0.2, 0.25) is 0 Å². The monoisotopic (exact) mass is 244 g/mol. The van der Waals surface area contributed by atoms with Crippen LogP contribution in [0, 0.1) is 0 Å². The van der Waals surface area contributed by atoms with Gasteiger partial charge in [-0.05, 0) is 24.1 Å². The van der Waals surface area contributed by atoms with Gasteiger partial charge in [0.05, 0.1) is 5.69 Å². The second-order valence-corrected chi connectivity index (χ2v) is 5.47. The standard InChI is InChI=1S/C10H16N2OS2/c1-3-14-6-7(2)12-10(13)9-8(11)4-5-15-9/h4-5,7H,3,6,11H2,1-2H3,(H,12,13). The number of nitrogen functional groups attached to an aromatic ring is 1. The lowest BCUT2D eigenvalue weighted by molar-refractivity contribution is 0.0948. The fourth-order valence-corrected chi connectivity index (χ4v) is 2.52. The molecule has 0 spiro atoms. The molecule has 0 aromatic carbocycles. The van der Waals surface area contributed by atoms with E-state index < -0.39 is 0 Å². The number of hydrogen-bond acceptors (Lipinski definition) is 4. The van der Waals surface area contributed by atoms with Crippen molar-refractivity contribution in [3.05, 3.63) is 16.3 Å². The highest BCUT2D eigenvalue weighted by Crippen LogP contribution is 2.18. The minimum absolute atomic E-state index is 0.0632. The normalized spacial score (nSPS) is 12.4.